The summed E-state index contributed by atoms with van der Waals surface area (Å²) in [4.78, 5) is 30.0. The van der Waals surface area contributed by atoms with Crippen LogP contribution in [0.3, 0.4) is 0 Å². The number of nitrogens with one attached hydrogen (secondary N) is 1. The van der Waals surface area contributed by atoms with Crippen LogP contribution in [0.4, 0.5) is 0 Å². The summed E-state index contributed by atoms with van der Waals surface area (Å²) in [5.74, 6) is 0. The highest BCUT2D eigenvalue weighted by Crippen LogP contribution is 2.31. The Labute approximate surface area is 125 Å². The Kier molecular flexibility index (Phi) is 4.98. The number of rotatable bonds is 5. The van der Waals surface area contributed by atoms with E-state index in [2.05, 4.69) is 9.97 Å². The van der Waals surface area contributed by atoms with Crippen molar-refractivity contribution in [3.8, 4) is 0 Å². The first-order chi connectivity index (χ1) is 9.62. The summed E-state index contributed by atoms with van der Waals surface area (Å²) in [6.45, 7) is 2.03. The minimum atomic E-state index is -0.174. The molecule has 0 fully saturated rings. The highest BCUT2D eigenvalue weighted by Gasteiger charge is 2.07. The summed E-state index contributed by atoms with van der Waals surface area (Å²) in [6.07, 6.45) is 2.42. The van der Waals surface area contributed by atoms with Crippen molar-refractivity contribution in [3.05, 3.63) is 50.9 Å². The highest BCUT2D eigenvalue weighted by atomic mass is 35.5. The Morgan fingerprint density at radius 2 is 2.20 bits per heavy atom. The van der Waals surface area contributed by atoms with E-state index < -0.39 is 0 Å². The van der Waals surface area contributed by atoms with E-state index in [1.807, 2.05) is 6.92 Å². The molecule has 6 heteroatoms. The first kappa shape index (κ1) is 14.8. The van der Waals surface area contributed by atoms with Crippen LogP contribution < -0.4 is 5.56 Å². The summed E-state index contributed by atoms with van der Waals surface area (Å²) >= 11 is 7.37. The van der Waals surface area contributed by atoms with Gasteiger partial charge in [0.1, 0.15) is 6.29 Å². The summed E-state index contributed by atoms with van der Waals surface area (Å²) < 4.78 is 0. The van der Waals surface area contributed by atoms with Crippen LogP contribution in [0.1, 0.15) is 29.4 Å². The number of aldehydes is 1. The minimum Gasteiger partial charge on any atom is -0.301 e. The highest BCUT2D eigenvalue weighted by molar-refractivity contribution is 7.99. The lowest BCUT2D eigenvalue weighted by Gasteiger charge is -2.05. The standard InChI is InChI=1S/C14H13ClN2O2S/c1-2-3-10-7-13(19)17-14(16-10)20-12-5-4-9(8-18)6-11(12)15/h4-8H,2-3H2,1H3,(H,16,17,19). The fourth-order valence-corrected chi connectivity index (χ4v) is 2.81. The van der Waals surface area contributed by atoms with Crippen LogP contribution in [0.25, 0.3) is 0 Å². The SMILES string of the molecule is CCCc1cc(=O)[nH]c(Sc2ccc(C=O)cc2Cl)n1. The van der Waals surface area contributed by atoms with E-state index in [0.717, 1.165) is 29.7 Å². The van der Waals surface area contributed by atoms with Gasteiger partial charge in [-0.15, -0.1) is 0 Å². The number of aromatic nitrogens is 2. The molecule has 1 N–H and O–H groups in total. The van der Waals surface area contributed by atoms with Gasteiger partial charge in [0.15, 0.2) is 5.16 Å². The van der Waals surface area contributed by atoms with Gasteiger partial charge in [-0.25, -0.2) is 4.98 Å². The molecule has 4 nitrogen and oxygen atoms in total. The van der Waals surface area contributed by atoms with Crippen LogP contribution in [0.2, 0.25) is 5.02 Å². The predicted octanol–water partition coefficient (Wildman–Crippen LogP) is 3.34. The van der Waals surface area contributed by atoms with Crippen LogP contribution in [0.5, 0.6) is 0 Å². The van der Waals surface area contributed by atoms with Gasteiger partial charge in [0.25, 0.3) is 5.56 Å². The topological polar surface area (TPSA) is 62.8 Å². The van der Waals surface area contributed by atoms with Crippen LogP contribution >= 0.6 is 23.4 Å². The van der Waals surface area contributed by atoms with E-state index in [1.165, 1.54) is 17.8 Å². The van der Waals surface area contributed by atoms with Crippen molar-refractivity contribution in [2.75, 3.05) is 0 Å². The van der Waals surface area contributed by atoms with Crippen molar-refractivity contribution in [1.29, 1.82) is 0 Å². The number of halogens is 1. The molecule has 1 heterocycles. The lowest BCUT2D eigenvalue weighted by atomic mass is 10.2. The molecule has 20 heavy (non-hydrogen) atoms. The van der Waals surface area contributed by atoms with Gasteiger partial charge in [-0.3, -0.25) is 9.59 Å². The molecule has 104 valence electrons. The predicted molar refractivity (Wildman–Crippen MR) is 79.8 cm³/mol. The maximum absolute atomic E-state index is 11.6. The van der Waals surface area contributed by atoms with Crippen LogP contribution in [-0.4, -0.2) is 16.3 Å². The molecule has 0 saturated heterocycles. The summed E-state index contributed by atoms with van der Waals surface area (Å²) in [7, 11) is 0. The fraction of sp³-hybridized carbons (Fsp3) is 0.214. The van der Waals surface area contributed by atoms with Crippen LogP contribution in [0, 0.1) is 0 Å². The molecule has 0 amide bonds. The Balaban J connectivity index is 2.29. The van der Waals surface area contributed by atoms with Crippen LogP contribution in [0.15, 0.2) is 39.1 Å². The Hall–Kier alpha value is -1.59. The van der Waals surface area contributed by atoms with Gasteiger partial charge in [0.2, 0.25) is 0 Å². The van der Waals surface area contributed by atoms with E-state index in [1.54, 1.807) is 18.2 Å². The quantitative estimate of drug-likeness (QED) is 0.679. The van der Waals surface area contributed by atoms with Gasteiger partial charge in [0, 0.05) is 22.2 Å². The number of nitrogens with zero attached hydrogens (tertiary/aromatic N) is 1. The smallest absolute Gasteiger partial charge is 0.251 e. The van der Waals surface area contributed by atoms with Gasteiger partial charge >= 0.3 is 0 Å². The molecule has 2 rings (SSSR count). The second-order valence-electron chi connectivity index (χ2n) is 4.20. The van der Waals surface area contributed by atoms with Gasteiger partial charge < -0.3 is 4.98 Å². The second-order valence-corrected chi connectivity index (χ2v) is 5.64. The average Bonchev–Trinajstić information content (AvgIpc) is 2.41. The third-order valence-electron chi connectivity index (χ3n) is 2.58. The van der Waals surface area contributed by atoms with Crippen molar-refractivity contribution in [1.82, 2.24) is 9.97 Å². The molecule has 0 radical (unpaired) electrons. The molecule has 0 aliphatic heterocycles. The average molecular weight is 309 g/mol. The van der Waals surface area contributed by atoms with Crippen molar-refractivity contribution in [3.63, 3.8) is 0 Å². The molecule has 0 spiro atoms. The second kappa shape index (κ2) is 6.72. The third kappa shape index (κ3) is 3.71. The zero-order valence-electron chi connectivity index (χ0n) is 10.9. The summed E-state index contributed by atoms with van der Waals surface area (Å²) in [5, 5.41) is 0.963. The molecule has 2 aromatic rings. The molecule has 0 aliphatic carbocycles. The van der Waals surface area contributed by atoms with E-state index in [-0.39, 0.29) is 5.56 Å². The number of hydrogen-bond donors (Lipinski definition) is 1. The van der Waals surface area contributed by atoms with E-state index in [9.17, 15) is 9.59 Å². The normalized spacial score (nSPS) is 10.5. The molecule has 1 aromatic heterocycles. The van der Waals surface area contributed by atoms with Crippen molar-refractivity contribution in [2.45, 2.75) is 29.8 Å². The molecule has 0 unspecified atom stereocenters. The number of aryl methyl sites for hydroxylation is 1. The lowest BCUT2D eigenvalue weighted by molar-refractivity contribution is 0.112. The first-order valence-corrected chi connectivity index (χ1v) is 7.34. The third-order valence-corrected chi connectivity index (χ3v) is 3.97. The number of H-pyrrole nitrogens is 1. The summed E-state index contributed by atoms with van der Waals surface area (Å²) in [5.41, 5.74) is 1.10. The molecule has 0 atom stereocenters. The maximum Gasteiger partial charge on any atom is 0.251 e. The minimum absolute atomic E-state index is 0.174. The molecular weight excluding hydrogens is 296 g/mol. The van der Waals surface area contributed by atoms with E-state index in [0.29, 0.717) is 15.7 Å². The number of hydrogen-bond acceptors (Lipinski definition) is 4. The van der Waals surface area contributed by atoms with Gasteiger partial charge in [-0.2, -0.15) is 0 Å². The molecular formula is C14H13ClN2O2S. The monoisotopic (exact) mass is 308 g/mol. The zero-order valence-corrected chi connectivity index (χ0v) is 12.4. The maximum atomic E-state index is 11.6. The van der Waals surface area contributed by atoms with Crippen LogP contribution in [-0.2, 0) is 6.42 Å². The number of carbonyl (C=O) groups excluding carboxylic acids is 1. The van der Waals surface area contributed by atoms with Gasteiger partial charge in [0.05, 0.1) is 5.02 Å². The van der Waals surface area contributed by atoms with Crippen molar-refractivity contribution >= 4 is 29.6 Å². The molecule has 0 saturated carbocycles. The fourth-order valence-electron chi connectivity index (χ4n) is 1.69. The van der Waals surface area contributed by atoms with E-state index >= 15 is 0 Å². The Morgan fingerprint density at radius 3 is 2.85 bits per heavy atom. The molecule has 0 aliphatic rings. The lowest BCUT2D eigenvalue weighted by Crippen LogP contribution is -2.09. The first-order valence-electron chi connectivity index (χ1n) is 6.15. The Morgan fingerprint density at radius 1 is 1.40 bits per heavy atom. The molecule has 0 bridgehead atoms. The number of benzene rings is 1. The van der Waals surface area contributed by atoms with Crippen molar-refractivity contribution in [2.24, 2.45) is 0 Å². The number of carbonyl (C=O) groups is 1. The Bertz CT molecular complexity index is 685. The van der Waals surface area contributed by atoms with Gasteiger partial charge in [-0.1, -0.05) is 42.8 Å². The zero-order chi connectivity index (χ0) is 14.5. The van der Waals surface area contributed by atoms with Gasteiger partial charge in [-0.05, 0) is 18.6 Å². The van der Waals surface area contributed by atoms with Crippen molar-refractivity contribution < 1.29 is 4.79 Å². The summed E-state index contributed by atoms with van der Waals surface area (Å²) in [6, 6.07) is 6.51. The largest absolute Gasteiger partial charge is 0.301 e. The molecule has 1 aromatic carbocycles. The number of aromatic amines is 1. The van der Waals surface area contributed by atoms with E-state index in [4.69, 9.17) is 11.6 Å².